The van der Waals surface area contributed by atoms with Crippen LogP contribution in [0.4, 0.5) is 0 Å². The summed E-state index contributed by atoms with van der Waals surface area (Å²) in [5.41, 5.74) is 1.67. The van der Waals surface area contributed by atoms with E-state index in [0.29, 0.717) is 21.7 Å². The number of fused-ring (bicyclic) bond motifs is 1. The molecule has 0 unspecified atom stereocenters. The number of carbonyl (C=O) groups is 2. The third-order valence-electron chi connectivity index (χ3n) is 3.02. The minimum absolute atomic E-state index is 0.0120. The molecule has 0 aromatic heterocycles. The van der Waals surface area contributed by atoms with Gasteiger partial charge in [-0.25, -0.2) is 0 Å². The number of benzene rings is 1. The van der Waals surface area contributed by atoms with Gasteiger partial charge in [0.05, 0.1) is 4.91 Å². The molecular weight excluding hydrogens is 234 g/mol. The molecule has 1 aromatic rings. The molecule has 1 heterocycles. The van der Waals surface area contributed by atoms with Gasteiger partial charge >= 0.3 is 0 Å². The lowest BCUT2D eigenvalue weighted by atomic mass is 9.92. The Kier molecular flexibility index (Phi) is 2.33. The quantitative estimate of drug-likeness (QED) is 0.746. The number of allylic oxidation sites excluding steroid dienone is 2. The van der Waals surface area contributed by atoms with Crippen molar-refractivity contribution < 1.29 is 9.59 Å². The highest BCUT2D eigenvalue weighted by atomic mass is 32.2. The molecule has 1 saturated heterocycles. The van der Waals surface area contributed by atoms with Gasteiger partial charge in [0, 0.05) is 24.2 Å². The smallest absolute Gasteiger partial charge is 0.211 e. The van der Waals surface area contributed by atoms with Crippen LogP contribution in [-0.2, 0) is 0 Å². The molecule has 0 amide bonds. The summed E-state index contributed by atoms with van der Waals surface area (Å²) < 4.78 is 0. The van der Waals surface area contributed by atoms with Crippen LogP contribution in [0.2, 0.25) is 0 Å². The van der Waals surface area contributed by atoms with Crippen molar-refractivity contribution >= 4 is 23.3 Å². The van der Waals surface area contributed by atoms with Crippen LogP contribution in [0.3, 0.4) is 0 Å². The molecule has 0 radical (unpaired) electrons. The van der Waals surface area contributed by atoms with Gasteiger partial charge in [-0.2, -0.15) is 0 Å². The van der Waals surface area contributed by atoms with Gasteiger partial charge in [-0.3, -0.25) is 9.59 Å². The first-order chi connectivity index (χ1) is 8.24. The summed E-state index contributed by atoms with van der Waals surface area (Å²) in [5, 5.41) is 0. The summed E-state index contributed by atoms with van der Waals surface area (Å²) in [6.45, 7) is 1.75. The molecule has 17 heavy (non-hydrogen) atoms. The highest BCUT2D eigenvalue weighted by molar-refractivity contribution is 8.03. The van der Waals surface area contributed by atoms with Crippen molar-refractivity contribution in [3.05, 3.63) is 46.0 Å². The lowest BCUT2D eigenvalue weighted by molar-refractivity contribution is 0.0967. The zero-order chi connectivity index (χ0) is 12.0. The topological polar surface area (TPSA) is 37.1 Å². The Bertz CT molecular complexity index is 558. The molecular formula is C13H11NO2S. The molecule has 0 spiro atoms. The second-order valence-electron chi connectivity index (χ2n) is 4.07. The van der Waals surface area contributed by atoms with Crippen LogP contribution in [-0.4, -0.2) is 35.8 Å². The minimum Gasteiger partial charge on any atom is -0.364 e. The Morgan fingerprint density at radius 3 is 2.18 bits per heavy atom. The average Bonchev–Trinajstić information content (AvgIpc) is 3.17. The highest BCUT2D eigenvalue weighted by Gasteiger charge is 2.37. The van der Waals surface area contributed by atoms with Gasteiger partial charge in [0.25, 0.3) is 0 Å². The van der Waals surface area contributed by atoms with Gasteiger partial charge in [0.15, 0.2) is 0 Å². The molecule has 2 aliphatic rings. The maximum atomic E-state index is 12.3. The second kappa shape index (κ2) is 3.74. The third-order valence-corrected chi connectivity index (χ3v) is 3.81. The maximum Gasteiger partial charge on any atom is 0.211 e. The maximum absolute atomic E-state index is 12.3. The zero-order valence-corrected chi connectivity index (χ0v) is 10.2. The molecule has 0 saturated carbocycles. The summed E-state index contributed by atoms with van der Waals surface area (Å²) in [5.74, 6) is -0.0309. The SMILES string of the molecule is CSC1=C(N2CC2)C(=O)c2ccccc2C1=O. The summed E-state index contributed by atoms with van der Waals surface area (Å²) in [6, 6.07) is 7.05. The zero-order valence-electron chi connectivity index (χ0n) is 9.40. The van der Waals surface area contributed by atoms with Gasteiger partial charge in [0.1, 0.15) is 5.70 Å². The van der Waals surface area contributed by atoms with E-state index in [0.717, 1.165) is 13.1 Å². The fourth-order valence-electron chi connectivity index (χ4n) is 2.09. The predicted octanol–water partition coefficient (Wildman–Crippen LogP) is 1.96. The Morgan fingerprint density at radius 1 is 1.06 bits per heavy atom. The molecule has 1 aliphatic carbocycles. The standard InChI is InChI=1S/C13H11NO2S/c1-17-13-10(14-6-7-14)11(15)8-4-2-3-5-9(8)12(13)16/h2-5H,6-7H2,1H3. The first-order valence-electron chi connectivity index (χ1n) is 5.45. The molecule has 0 N–H and O–H groups in total. The van der Waals surface area contributed by atoms with Crippen molar-refractivity contribution in [2.75, 3.05) is 19.3 Å². The van der Waals surface area contributed by atoms with Crippen molar-refractivity contribution in [2.45, 2.75) is 0 Å². The number of hydrogen-bond acceptors (Lipinski definition) is 4. The number of Topliss-reactive ketones (excluding diaryl/α,β-unsaturated/α-hetero) is 2. The van der Waals surface area contributed by atoms with Crippen molar-refractivity contribution in [2.24, 2.45) is 0 Å². The first-order valence-corrected chi connectivity index (χ1v) is 6.68. The number of thioether (sulfide) groups is 1. The van der Waals surface area contributed by atoms with Gasteiger partial charge in [0.2, 0.25) is 11.6 Å². The van der Waals surface area contributed by atoms with Crippen molar-refractivity contribution in [3.63, 3.8) is 0 Å². The van der Waals surface area contributed by atoms with Crippen LogP contribution in [0.5, 0.6) is 0 Å². The van der Waals surface area contributed by atoms with Crippen LogP contribution < -0.4 is 0 Å². The molecule has 0 atom stereocenters. The molecule has 4 heteroatoms. The molecule has 3 rings (SSSR count). The van der Waals surface area contributed by atoms with Crippen molar-refractivity contribution in [3.8, 4) is 0 Å². The van der Waals surface area contributed by atoms with E-state index in [-0.39, 0.29) is 11.6 Å². The van der Waals surface area contributed by atoms with E-state index in [4.69, 9.17) is 0 Å². The van der Waals surface area contributed by atoms with E-state index < -0.39 is 0 Å². The fourth-order valence-corrected chi connectivity index (χ4v) is 2.80. The lowest BCUT2D eigenvalue weighted by Gasteiger charge is -2.20. The summed E-state index contributed by atoms with van der Waals surface area (Å²) in [7, 11) is 0. The van der Waals surface area contributed by atoms with E-state index in [2.05, 4.69) is 0 Å². The lowest BCUT2D eigenvalue weighted by Crippen LogP contribution is -2.24. The second-order valence-corrected chi connectivity index (χ2v) is 4.89. The van der Waals surface area contributed by atoms with E-state index in [1.807, 2.05) is 11.2 Å². The van der Waals surface area contributed by atoms with Gasteiger partial charge in [-0.1, -0.05) is 24.3 Å². The summed E-state index contributed by atoms with van der Waals surface area (Å²) in [4.78, 5) is 27.2. The average molecular weight is 245 g/mol. The molecule has 1 aliphatic heterocycles. The van der Waals surface area contributed by atoms with Crippen LogP contribution in [0.25, 0.3) is 0 Å². The molecule has 0 bridgehead atoms. The van der Waals surface area contributed by atoms with Crippen LogP contribution >= 0.6 is 11.8 Å². The van der Waals surface area contributed by atoms with Crippen molar-refractivity contribution in [1.82, 2.24) is 4.90 Å². The van der Waals surface area contributed by atoms with Crippen LogP contribution in [0.15, 0.2) is 34.9 Å². The van der Waals surface area contributed by atoms with Crippen molar-refractivity contribution in [1.29, 1.82) is 0 Å². The fraction of sp³-hybridized carbons (Fsp3) is 0.231. The molecule has 1 aromatic carbocycles. The highest BCUT2D eigenvalue weighted by Crippen LogP contribution is 2.35. The number of hydrogen-bond donors (Lipinski definition) is 0. The normalized spacial score (nSPS) is 18.5. The predicted molar refractivity (Wildman–Crippen MR) is 67.2 cm³/mol. The molecule has 86 valence electrons. The Labute approximate surface area is 103 Å². The van der Waals surface area contributed by atoms with Gasteiger partial charge < -0.3 is 4.90 Å². The summed E-state index contributed by atoms with van der Waals surface area (Å²) >= 11 is 1.37. The number of carbonyl (C=O) groups excluding carboxylic acids is 2. The van der Waals surface area contributed by atoms with Crippen LogP contribution in [0.1, 0.15) is 20.7 Å². The number of nitrogens with zero attached hydrogens (tertiary/aromatic N) is 1. The summed E-state index contributed by atoms with van der Waals surface area (Å²) in [6.07, 6.45) is 1.85. The Balaban J connectivity index is 2.21. The first kappa shape index (κ1) is 10.6. The molecule has 1 fully saturated rings. The number of rotatable bonds is 2. The van der Waals surface area contributed by atoms with Gasteiger partial charge in [-0.15, -0.1) is 11.8 Å². The van der Waals surface area contributed by atoms with Gasteiger partial charge in [-0.05, 0) is 6.26 Å². The van der Waals surface area contributed by atoms with E-state index in [1.54, 1.807) is 24.3 Å². The Morgan fingerprint density at radius 2 is 1.65 bits per heavy atom. The minimum atomic E-state index is -0.0189. The monoisotopic (exact) mass is 245 g/mol. The van der Waals surface area contributed by atoms with E-state index in [9.17, 15) is 9.59 Å². The largest absolute Gasteiger partial charge is 0.364 e. The van der Waals surface area contributed by atoms with E-state index in [1.165, 1.54) is 11.8 Å². The third kappa shape index (κ3) is 1.52. The Hall–Kier alpha value is -1.55. The van der Waals surface area contributed by atoms with Crippen LogP contribution in [0, 0.1) is 0 Å². The van der Waals surface area contributed by atoms with E-state index >= 15 is 0 Å². The molecule has 3 nitrogen and oxygen atoms in total. The number of ketones is 2.